The van der Waals surface area contributed by atoms with Crippen molar-refractivity contribution in [3.63, 3.8) is 0 Å². The molecule has 0 saturated heterocycles. The highest BCUT2D eigenvalue weighted by molar-refractivity contribution is 5.22. The van der Waals surface area contributed by atoms with E-state index in [2.05, 4.69) is 0 Å². The summed E-state index contributed by atoms with van der Waals surface area (Å²) in [5, 5.41) is 0. The van der Waals surface area contributed by atoms with Crippen molar-refractivity contribution in [3.8, 4) is 5.75 Å². The number of ether oxygens (including phenoxy) is 1. The molecule has 0 saturated carbocycles. The molecule has 106 valence electrons. The van der Waals surface area contributed by atoms with Gasteiger partial charge in [0.2, 0.25) is 0 Å². The molecule has 0 aliphatic carbocycles. The van der Waals surface area contributed by atoms with E-state index in [0.717, 1.165) is 24.2 Å². The highest BCUT2D eigenvalue weighted by Gasteiger charge is 2.10. The minimum Gasteiger partial charge on any atom is -0.494 e. The van der Waals surface area contributed by atoms with Gasteiger partial charge in [0.15, 0.2) is 0 Å². The second-order valence-corrected chi connectivity index (χ2v) is 4.79. The Kier molecular flexibility index (Phi) is 5.56. The maximum Gasteiger partial charge on any atom is 0.123 e. The SMILES string of the molecule is NCC(CCCOc1ccccc1)c1cccc(F)c1. The quantitative estimate of drug-likeness (QED) is 0.780. The van der Waals surface area contributed by atoms with Crippen LogP contribution in [-0.2, 0) is 0 Å². The Morgan fingerprint density at radius 2 is 1.85 bits per heavy atom. The Morgan fingerprint density at radius 1 is 1.05 bits per heavy atom. The summed E-state index contributed by atoms with van der Waals surface area (Å²) in [5.41, 5.74) is 6.75. The average molecular weight is 273 g/mol. The van der Waals surface area contributed by atoms with Gasteiger partial charge in [-0.25, -0.2) is 4.39 Å². The monoisotopic (exact) mass is 273 g/mol. The van der Waals surface area contributed by atoms with Crippen molar-refractivity contribution in [2.75, 3.05) is 13.2 Å². The molecule has 1 unspecified atom stereocenters. The molecule has 0 spiro atoms. The fraction of sp³-hybridized carbons (Fsp3) is 0.294. The molecule has 0 aliphatic heterocycles. The number of rotatable bonds is 7. The summed E-state index contributed by atoms with van der Waals surface area (Å²) in [7, 11) is 0. The van der Waals surface area contributed by atoms with Gasteiger partial charge in [0.05, 0.1) is 6.61 Å². The van der Waals surface area contributed by atoms with Crippen molar-refractivity contribution >= 4 is 0 Å². The molecule has 2 aromatic carbocycles. The van der Waals surface area contributed by atoms with Crippen LogP contribution in [0.3, 0.4) is 0 Å². The highest BCUT2D eigenvalue weighted by Crippen LogP contribution is 2.21. The maximum absolute atomic E-state index is 13.2. The Labute approximate surface area is 119 Å². The summed E-state index contributed by atoms with van der Waals surface area (Å²) in [4.78, 5) is 0. The molecule has 0 aromatic heterocycles. The number of hydrogen-bond acceptors (Lipinski definition) is 2. The van der Waals surface area contributed by atoms with Gasteiger partial charge in [-0.1, -0.05) is 30.3 Å². The van der Waals surface area contributed by atoms with Crippen LogP contribution >= 0.6 is 0 Å². The van der Waals surface area contributed by atoms with Crippen molar-refractivity contribution in [2.45, 2.75) is 18.8 Å². The smallest absolute Gasteiger partial charge is 0.123 e. The molecule has 0 radical (unpaired) electrons. The molecular weight excluding hydrogens is 253 g/mol. The van der Waals surface area contributed by atoms with E-state index in [1.807, 2.05) is 36.4 Å². The minimum absolute atomic E-state index is 0.185. The molecule has 0 amide bonds. The van der Waals surface area contributed by atoms with E-state index < -0.39 is 0 Å². The van der Waals surface area contributed by atoms with E-state index in [4.69, 9.17) is 10.5 Å². The van der Waals surface area contributed by atoms with Gasteiger partial charge in [-0.3, -0.25) is 0 Å². The van der Waals surface area contributed by atoms with Gasteiger partial charge in [-0.15, -0.1) is 0 Å². The molecule has 2 rings (SSSR count). The van der Waals surface area contributed by atoms with Crippen LogP contribution in [0.4, 0.5) is 4.39 Å². The first-order valence-electron chi connectivity index (χ1n) is 6.93. The number of para-hydroxylation sites is 1. The molecule has 0 heterocycles. The predicted molar refractivity (Wildman–Crippen MR) is 79.4 cm³/mol. The van der Waals surface area contributed by atoms with E-state index in [0.29, 0.717) is 13.2 Å². The number of benzene rings is 2. The normalized spacial score (nSPS) is 12.1. The number of nitrogens with two attached hydrogens (primary N) is 1. The second kappa shape index (κ2) is 7.65. The van der Waals surface area contributed by atoms with E-state index in [9.17, 15) is 4.39 Å². The highest BCUT2D eigenvalue weighted by atomic mass is 19.1. The molecule has 20 heavy (non-hydrogen) atoms. The number of hydrogen-bond donors (Lipinski definition) is 1. The topological polar surface area (TPSA) is 35.2 Å². The zero-order valence-electron chi connectivity index (χ0n) is 11.5. The van der Waals surface area contributed by atoms with E-state index in [-0.39, 0.29) is 11.7 Å². The number of halogens is 1. The molecular formula is C17H20FNO. The van der Waals surface area contributed by atoms with Crippen LogP contribution in [0.25, 0.3) is 0 Å². The molecule has 0 bridgehead atoms. The first kappa shape index (κ1) is 14.5. The molecule has 1 atom stereocenters. The lowest BCUT2D eigenvalue weighted by Gasteiger charge is -2.15. The zero-order chi connectivity index (χ0) is 14.2. The van der Waals surface area contributed by atoms with E-state index in [1.165, 1.54) is 6.07 Å². The first-order valence-corrected chi connectivity index (χ1v) is 6.93. The van der Waals surface area contributed by atoms with Gasteiger partial charge in [0.1, 0.15) is 11.6 Å². The molecule has 2 nitrogen and oxygen atoms in total. The Balaban J connectivity index is 1.80. The zero-order valence-corrected chi connectivity index (χ0v) is 11.5. The Bertz CT molecular complexity index is 515. The third-order valence-corrected chi connectivity index (χ3v) is 3.31. The third-order valence-electron chi connectivity index (χ3n) is 3.31. The first-order chi connectivity index (χ1) is 9.79. The lowest BCUT2D eigenvalue weighted by molar-refractivity contribution is 0.301. The van der Waals surface area contributed by atoms with Crippen LogP contribution < -0.4 is 10.5 Å². The molecule has 2 aromatic rings. The van der Waals surface area contributed by atoms with Crippen LogP contribution in [0.5, 0.6) is 5.75 Å². The lowest BCUT2D eigenvalue weighted by Crippen LogP contribution is -2.14. The summed E-state index contributed by atoms with van der Waals surface area (Å²) < 4.78 is 18.9. The molecule has 3 heteroatoms. The fourth-order valence-electron chi connectivity index (χ4n) is 2.22. The standard InChI is InChI=1S/C17H20FNO/c18-16-8-4-6-14(12-16)15(13-19)7-5-11-20-17-9-2-1-3-10-17/h1-4,6,8-10,12,15H,5,7,11,13,19H2. The second-order valence-electron chi connectivity index (χ2n) is 4.79. The maximum atomic E-state index is 13.2. The minimum atomic E-state index is -0.207. The summed E-state index contributed by atoms with van der Waals surface area (Å²) in [6.07, 6.45) is 1.79. The van der Waals surface area contributed by atoms with Crippen molar-refractivity contribution < 1.29 is 9.13 Å². The summed E-state index contributed by atoms with van der Waals surface area (Å²) in [6.45, 7) is 1.17. The largest absolute Gasteiger partial charge is 0.494 e. The van der Waals surface area contributed by atoms with Gasteiger partial charge >= 0.3 is 0 Å². The van der Waals surface area contributed by atoms with Gasteiger partial charge in [0, 0.05) is 0 Å². The Morgan fingerprint density at radius 3 is 2.55 bits per heavy atom. The fourth-order valence-corrected chi connectivity index (χ4v) is 2.22. The Hall–Kier alpha value is -1.87. The predicted octanol–water partition coefficient (Wildman–Crippen LogP) is 3.73. The van der Waals surface area contributed by atoms with E-state index in [1.54, 1.807) is 12.1 Å². The lowest BCUT2D eigenvalue weighted by atomic mass is 9.94. The van der Waals surface area contributed by atoms with Crippen LogP contribution in [0.1, 0.15) is 24.3 Å². The van der Waals surface area contributed by atoms with Crippen molar-refractivity contribution in [2.24, 2.45) is 5.73 Å². The van der Waals surface area contributed by atoms with Crippen LogP contribution in [0, 0.1) is 5.82 Å². The molecule has 0 aliphatic rings. The van der Waals surface area contributed by atoms with Gasteiger partial charge in [0.25, 0.3) is 0 Å². The van der Waals surface area contributed by atoms with Crippen LogP contribution in [-0.4, -0.2) is 13.2 Å². The van der Waals surface area contributed by atoms with Crippen LogP contribution in [0.2, 0.25) is 0 Å². The third kappa shape index (κ3) is 4.35. The molecule has 0 fully saturated rings. The van der Waals surface area contributed by atoms with Crippen molar-refractivity contribution in [1.82, 2.24) is 0 Å². The average Bonchev–Trinajstić information content (AvgIpc) is 2.48. The summed E-state index contributed by atoms with van der Waals surface area (Å²) >= 11 is 0. The van der Waals surface area contributed by atoms with Gasteiger partial charge in [-0.2, -0.15) is 0 Å². The van der Waals surface area contributed by atoms with Crippen molar-refractivity contribution in [1.29, 1.82) is 0 Å². The summed E-state index contributed by atoms with van der Waals surface area (Å²) in [6, 6.07) is 16.4. The van der Waals surface area contributed by atoms with Crippen LogP contribution in [0.15, 0.2) is 54.6 Å². The van der Waals surface area contributed by atoms with E-state index >= 15 is 0 Å². The van der Waals surface area contributed by atoms with Gasteiger partial charge < -0.3 is 10.5 Å². The van der Waals surface area contributed by atoms with Gasteiger partial charge in [-0.05, 0) is 55.1 Å². The summed E-state index contributed by atoms with van der Waals surface area (Å²) in [5.74, 6) is 0.856. The molecule has 2 N–H and O–H groups in total. The van der Waals surface area contributed by atoms with Crippen molar-refractivity contribution in [3.05, 3.63) is 66.0 Å².